The van der Waals surface area contributed by atoms with Crippen LogP contribution in [0.2, 0.25) is 0 Å². The summed E-state index contributed by atoms with van der Waals surface area (Å²) in [4.78, 5) is 33.3. The maximum absolute atomic E-state index is 11.5. The van der Waals surface area contributed by atoms with Crippen LogP contribution in [0, 0.1) is 0 Å². The minimum atomic E-state index is -1.10. The van der Waals surface area contributed by atoms with E-state index < -0.39 is 24.0 Å². The molecule has 7 nitrogen and oxygen atoms in total. The second-order valence-electron chi connectivity index (χ2n) is 4.04. The molecule has 3 N–H and O–H groups in total. The van der Waals surface area contributed by atoms with Gasteiger partial charge in [0.2, 0.25) is 0 Å². The topological polar surface area (TPSA) is 108 Å². The molecule has 0 bridgehead atoms. The van der Waals surface area contributed by atoms with E-state index in [-0.39, 0.29) is 13.0 Å². The van der Waals surface area contributed by atoms with E-state index in [0.717, 1.165) is 4.47 Å². The number of urea groups is 1. The van der Waals surface area contributed by atoms with E-state index in [4.69, 9.17) is 15.2 Å². The molecule has 0 aromatic heterocycles. The number of nitrogens with one attached hydrogen (secondary N) is 1. The highest BCUT2D eigenvalue weighted by molar-refractivity contribution is 9.10. The quantitative estimate of drug-likeness (QED) is 0.746. The minimum absolute atomic E-state index is 0.0271. The molecule has 0 aliphatic rings. The van der Waals surface area contributed by atoms with Crippen molar-refractivity contribution in [2.75, 3.05) is 6.61 Å². The Labute approximate surface area is 129 Å². The molecular weight excluding hydrogens is 344 g/mol. The van der Waals surface area contributed by atoms with Crippen LogP contribution in [0.3, 0.4) is 0 Å². The van der Waals surface area contributed by atoms with E-state index >= 15 is 0 Å². The summed E-state index contributed by atoms with van der Waals surface area (Å²) in [6.45, 7) is 1.45. The number of hydrogen-bond acceptors (Lipinski definition) is 5. The Kier molecular flexibility index (Phi) is 6.67. The maximum atomic E-state index is 11.5. The van der Waals surface area contributed by atoms with Gasteiger partial charge >= 0.3 is 12.0 Å². The van der Waals surface area contributed by atoms with E-state index in [0.29, 0.717) is 5.75 Å². The summed E-state index contributed by atoms with van der Waals surface area (Å²) >= 11 is 3.30. The third-order valence-corrected chi connectivity index (χ3v) is 2.79. The molecule has 8 heteroatoms. The summed E-state index contributed by atoms with van der Waals surface area (Å²) in [5.74, 6) is -0.780. The number of nitrogens with two attached hydrogens (primary N) is 1. The number of halogens is 1. The normalized spacial score (nSPS) is 11.3. The number of benzene rings is 1. The van der Waals surface area contributed by atoms with Crippen molar-refractivity contribution in [3.63, 3.8) is 0 Å². The average molecular weight is 359 g/mol. The lowest BCUT2D eigenvalue weighted by Gasteiger charge is -2.12. The van der Waals surface area contributed by atoms with Gasteiger partial charge in [0, 0.05) is 4.47 Å². The molecule has 1 aromatic carbocycles. The standard InChI is InChI=1S/C13H15BrN2O5/c1-8(12(18)16-13(15)19)21-11(17)5-6-20-10-4-2-3-9(14)7-10/h2-4,7-8H,5-6H2,1H3,(H3,15,16,18,19)/t8-/m0/s1. The van der Waals surface area contributed by atoms with Gasteiger partial charge in [0.15, 0.2) is 6.10 Å². The highest BCUT2D eigenvalue weighted by Crippen LogP contribution is 2.17. The van der Waals surface area contributed by atoms with Crippen LogP contribution >= 0.6 is 15.9 Å². The van der Waals surface area contributed by atoms with Crippen LogP contribution in [-0.4, -0.2) is 30.6 Å². The zero-order valence-corrected chi connectivity index (χ0v) is 12.9. The Morgan fingerprint density at radius 3 is 2.71 bits per heavy atom. The molecule has 0 heterocycles. The third-order valence-electron chi connectivity index (χ3n) is 2.29. The van der Waals surface area contributed by atoms with Crippen LogP contribution in [0.5, 0.6) is 5.75 Å². The Hall–Kier alpha value is -2.09. The molecular formula is C13H15BrN2O5. The number of hydrogen-bond donors (Lipinski definition) is 2. The van der Waals surface area contributed by atoms with Gasteiger partial charge in [-0.1, -0.05) is 22.0 Å². The van der Waals surface area contributed by atoms with Gasteiger partial charge in [0.1, 0.15) is 5.75 Å². The largest absolute Gasteiger partial charge is 0.493 e. The van der Waals surface area contributed by atoms with Crippen molar-refractivity contribution in [2.24, 2.45) is 5.73 Å². The number of carbonyl (C=O) groups is 3. The van der Waals surface area contributed by atoms with E-state index in [1.165, 1.54) is 6.92 Å². The first-order chi connectivity index (χ1) is 9.88. The van der Waals surface area contributed by atoms with E-state index in [1.54, 1.807) is 18.2 Å². The van der Waals surface area contributed by atoms with Gasteiger partial charge in [-0.15, -0.1) is 0 Å². The van der Waals surface area contributed by atoms with Crippen molar-refractivity contribution >= 4 is 33.8 Å². The molecule has 3 amide bonds. The molecule has 0 aliphatic carbocycles. The van der Waals surface area contributed by atoms with E-state index in [1.807, 2.05) is 11.4 Å². The fourth-order valence-electron chi connectivity index (χ4n) is 1.34. The molecule has 0 radical (unpaired) electrons. The van der Waals surface area contributed by atoms with Crippen LogP contribution < -0.4 is 15.8 Å². The first-order valence-electron chi connectivity index (χ1n) is 6.06. The average Bonchev–Trinajstić information content (AvgIpc) is 2.37. The van der Waals surface area contributed by atoms with Crippen molar-refractivity contribution in [3.05, 3.63) is 28.7 Å². The Morgan fingerprint density at radius 1 is 1.38 bits per heavy atom. The fraction of sp³-hybridized carbons (Fsp3) is 0.308. The molecule has 1 rings (SSSR count). The van der Waals surface area contributed by atoms with Crippen LogP contribution in [-0.2, 0) is 14.3 Å². The van der Waals surface area contributed by atoms with Gasteiger partial charge in [-0.05, 0) is 25.1 Å². The first kappa shape index (κ1) is 17.0. The smallest absolute Gasteiger partial charge is 0.318 e. The van der Waals surface area contributed by atoms with Crippen LogP contribution in [0.15, 0.2) is 28.7 Å². The summed E-state index contributed by atoms with van der Waals surface area (Å²) < 4.78 is 11.0. The van der Waals surface area contributed by atoms with Crippen molar-refractivity contribution in [1.29, 1.82) is 0 Å². The molecule has 0 saturated heterocycles. The number of esters is 1. The van der Waals surface area contributed by atoms with Gasteiger partial charge in [-0.3, -0.25) is 14.9 Å². The highest BCUT2D eigenvalue weighted by atomic mass is 79.9. The van der Waals surface area contributed by atoms with Crippen LogP contribution in [0.4, 0.5) is 4.79 Å². The van der Waals surface area contributed by atoms with Crippen molar-refractivity contribution < 1.29 is 23.9 Å². The molecule has 0 aliphatic heterocycles. The second kappa shape index (κ2) is 8.25. The predicted molar refractivity (Wildman–Crippen MR) is 77.5 cm³/mol. The Bertz CT molecular complexity index is 535. The molecule has 21 heavy (non-hydrogen) atoms. The number of ether oxygens (including phenoxy) is 2. The number of amides is 3. The summed E-state index contributed by atoms with van der Waals surface area (Å²) in [7, 11) is 0. The summed E-state index contributed by atoms with van der Waals surface area (Å²) in [5, 5.41) is 1.82. The zero-order valence-electron chi connectivity index (χ0n) is 11.3. The van der Waals surface area contributed by atoms with Gasteiger partial charge in [-0.2, -0.15) is 0 Å². The SMILES string of the molecule is C[C@H](OC(=O)CCOc1cccc(Br)c1)C(=O)NC(N)=O. The Morgan fingerprint density at radius 2 is 2.10 bits per heavy atom. The zero-order chi connectivity index (χ0) is 15.8. The predicted octanol–water partition coefficient (Wildman–Crippen LogP) is 1.34. The summed E-state index contributed by atoms with van der Waals surface area (Å²) in [6, 6.07) is 6.16. The number of rotatable bonds is 6. The van der Waals surface area contributed by atoms with Gasteiger partial charge in [0.05, 0.1) is 13.0 Å². The summed E-state index contributed by atoms with van der Waals surface area (Å²) in [5.41, 5.74) is 4.78. The molecule has 0 spiro atoms. The lowest BCUT2D eigenvalue weighted by molar-refractivity contribution is -0.154. The molecule has 0 saturated carbocycles. The van der Waals surface area contributed by atoms with Crippen molar-refractivity contribution in [2.45, 2.75) is 19.4 Å². The second-order valence-corrected chi connectivity index (χ2v) is 4.96. The third kappa shape index (κ3) is 6.75. The highest BCUT2D eigenvalue weighted by Gasteiger charge is 2.18. The molecule has 1 aromatic rings. The molecule has 114 valence electrons. The monoisotopic (exact) mass is 358 g/mol. The van der Waals surface area contributed by atoms with Gasteiger partial charge in [-0.25, -0.2) is 4.79 Å². The maximum Gasteiger partial charge on any atom is 0.318 e. The minimum Gasteiger partial charge on any atom is -0.493 e. The molecule has 1 atom stereocenters. The molecule has 0 unspecified atom stereocenters. The Balaban J connectivity index is 2.31. The van der Waals surface area contributed by atoms with E-state index in [2.05, 4.69) is 15.9 Å². The van der Waals surface area contributed by atoms with E-state index in [9.17, 15) is 14.4 Å². The van der Waals surface area contributed by atoms with Gasteiger partial charge in [0.25, 0.3) is 5.91 Å². The molecule has 0 fully saturated rings. The first-order valence-corrected chi connectivity index (χ1v) is 6.86. The van der Waals surface area contributed by atoms with Crippen LogP contribution in [0.25, 0.3) is 0 Å². The van der Waals surface area contributed by atoms with Crippen molar-refractivity contribution in [3.8, 4) is 5.75 Å². The summed E-state index contributed by atoms with van der Waals surface area (Å²) in [6.07, 6.45) is -1.13. The lowest BCUT2D eigenvalue weighted by Crippen LogP contribution is -2.42. The van der Waals surface area contributed by atoms with Crippen LogP contribution in [0.1, 0.15) is 13.3 Å². The number of imide groups is 1. The van der Waals surface area contributed by atoms with Crippen molar-refractivity contribution in [1.82, 2.24) is 5.32 Å². The number of carbonyl (C=O) groups excluding carboxylic acids is 3. The van der Waals surface area contributed by atoms with Gasteiger partial charge < -0.3 is 15.2 Å². The lowest BCUT2D eigenvalue weighted by atomic mass is 10.3. The fourth-order valence-corrected chi connectivity index (χ4v) is 1.72. The number of primary amides is 1.